The van der Waals surface area contributed by atoms with Gasteiger partial charge in [0.2, 0.25) is 0 Å². The second-order valence-corrected chi connectivity index (χ2v) is 6.10. The summed E-state index contributed by atoms with van der Waals surface area (Å²) < 4.78 is 11.9. The van der Waals surface area contributed by atoms with Crippen LogP contribution in [0.2, 0.25) is 5.02 Å². The van der Waals surface area contributed by atoms with E-state index in [4.69, 9.17) is 21.1 Å². The van der Waals surface area contributed by atoms with Crippen molar-refractivity contribution in [2.24, 2.45) is 0 Å². The number of rotatable bonds is 7. The van der Waals surface area contributed by atoms with Crippen LogP contribution < -0.4 is 10.1 Å². The van der Waals surface area contributed by atoms with E-state index >= 15 is 0 Å². The normalized spacial score (nSPS) is 10.6. The van der Waals surface area contributed by atoms with Crippen LogP contribution in [0.1, 0.15) is 21.5 Å². The number of carbonyl (C=O) groups is 1. The van der Waals surface area contributed by atoms with Crippen LogP contribution in [-0.2, 0) is 17.9 Å². The standard InChI is InChI=1S/C18H18ClN5O3/c1-26-10-13-5-3-4-12(6-13)9-20-18(25)14-7-15(19)16(8-17(14)27-2)24-11-21-22-23-24/h3-8,11H,9-10H2,1-2H3,(H,20,25). The van der Waals surface area contributed by atoms with Crippen LogP contribution in [0.4, 0.5) is 0 Å². The Morgan fingerprint density at radius 2 is 2.04 bits per heavy atom. The molecule has 0 atom stereocenters. The van der Waals surface area contributed by atoms with Crippen molar-refractivity contribution in [2.75, 3.05) is 14.2 Å². The third-order valence-electron chi connectivity index (χ3n) is 3.86. The second-order valence-electron chi connectivity index (χ2n) is 5.69. The maximum absolute atomic E-state index is 12.6. The van der Waals surface area contributed by atoms with E-state index in [1.807, 2.05) is 24.3 Å². The minimum Gasteiger partial charge on any atom is -0.496 e. The molecule has 1 heterocycles. The van der Waals surface area contributed by atoms with E-state index in [9.17, 15) is 4.79 Å². The predicted octanol–water partition coefficient (Wildman–Crippen LogP) is 2.40. The summed E-state index contributed by atoms with van der Waals surface area (Å²) in [6, 6.07) is 11.0. The van der Waals surface area contributed by atoms with Gasteiger partial charge in [-0.15, -0.1) is 5.10 Å². The Morgan fingerprint density at radius 1 is 1.22 bits per heavy atom. The minimum atomic E-state index is -0.297. The highest BCUT2D eigenvalue weighted by molar-refractivity contribution is 6.33. The van der Waals surface area contributed by atoms with Crippen molar-refractivity contribution in [1.82, 2.24) is 25.5 Å². The number of halogens is 1. The van der Waals surface area contributed by atoms with Crippen molar-refractivity contribution in [2.45, 2.75) is 13.2 Å². The summed E-state index contributed by atoms with van der Waals surface area (Å²) in [6.07, 6.45) is 1.41. The van der Waals surface area contributed by atoms with Gasteiger partial charge in [-0.1, -0.05) is 35.9 Å². The van der Waals surface area contributed by atoms with Crippen molar-refractivity contribution < 1.29 is 14.3 Å². The zero-order valence-electron chi connectivity index (χ0n) is 14.8. The molecule has 0 radical (unpaired) electrons. The van der Waals surface area contributed by atoms with E-state index in [1.165, 1.54) is 24.2 Å². The van der Waals surface area contributed by atoms with E-state index in [0.29, 0.717) is 35.2 Å². The average molecular weight is 388 g/mol. The fourth-order valence-corrected chi connectivity index (χ4v) is 2.86. The first-order chi connectivity index (χ1) is 13.1. The summed E-state index contributed by atoms with van der Waals surface area (Å²) in [4.78, 5) is 12.6. The van der Waals surface area contributed by atoms with Crippen molar-refractivity contribution in [3.8, 4) is 11.4 Å². The van der Waals surface area contributed by atoms with Crippen molar-refractivity contribution in [3.63, 3.8) is 0 Å². The lowest BCUT2D eigenvalue weighted by atomic mass is 10.1. The molecular formula is C18H18ClN5O3. The number of benzene rings is 2. The fourth-order valence-electron chi connectivity index (χ4n) is 2.61. The van der Waals surface area contributed by atoms with Gasteiger partial charge in [0.1, 0.15) is 12.1 Å². The molecule has 2 aromatic carbocycles. The molecule has 8 nitrogen and oxygen atoms in total. The summed E-state index contributed by atoms with van der Waals surface area (Å²) in [5.74, 6) is 0.0738. The molecule has 0 unspecified atom stereocenters. The first kappa shape index (κ1) is 18.8. The van der Waals surface area contributed by atoms with Crippen molar-refractivity contribution in [3.05, 3.63) is 64.4 Å². The molecule has 0 fully saturated rings. The number of carbonyl (C=O) groups excluding carboxylic acids is 1. The zero-order chi connectivity index (χ0) is 19.2. The first-order valence-corrected chi connectivity index (χ1v) is 8.46. The van der Waals surface area contributed by atoms with Gasteiger partial charge in [-0.25, -0.2) is 0 Å². The van der Waals surface area contributed by atoms with Gasteiger partial charge in [-0.2, -0.15) is 4.68 Å². The molecule has 0 saturated carbocycles. The molecule has 0 bridgehead atoms. The smallest absolute Gasteiger partial charge is 0.255 e. The van der Waals surface area contributed by atoms with Crippen LogP contribution in [0.15, 0.2) is 42.7 Å². The Bertz CT molecular complexity index is 931. The lowest BCUT2D eigenvalue weighted by molar-refractivity contribution is 0.0948. The number of ether oxygens (including phenoxy) is 2. The molecule has 3 aromatic rings. The number of tetrazole rings is 1. The van der Waals surface area contributed by atoms with Gasteiger partial charge < -0.3 is 14.8 Å². The first-order valence-electron chi connectivity index (χ1n) is 8.08. The molecule has 9 heteroatoms. The Morgan fingerprint density at radius 3 is 2.74 bits per heavy atom. The molecule has 0 aliphatic heterocycles. The third kappa shape index (κ3) is 4.42. The summed E-state index contributed by atoms with van der Waals surface area (Å²) >= 11 is 6.30. The number of nitrogens with one attached hydrogen (secondary N) is 1. The van der Waals surface area contributed by atoms with Gasteiger partial charge in [0, 0.05) is 19.7 Å². The maximum Gasteiger partial charge on any atom is 0.255 e. The summed E-state index contributed by atoms with van der Waals surface area (Å²) in [5, 5.41) is 14.2. The summed E-state index contributed by atoms with van der Waals surface area (Å²) in [7, 11) is 3.13. The van der Waals surface area contributed by atoms with Crippen molar-refractivity contribution >= 4 is 17.5 Å². The van der Waals surface area contributed by atoms with E-state index in [-0.39, 0.29) is 5.91 Å². The SMILES string of the molecule is COCc1cccc(CNC(=O)c2cc(Cl)c(-n3cnnn3)cc2OC)c1. The molecule has 1 aromatic heterocycles. The van der Waals surface area contributed by atoms with Gasteiger partial charge in [0.25, 0.3) is 5.91 Å². The van der Waals surface area contributed by atoms with Gasteiger partial charge >= 0.3 is 0 Å². The van der Waals surface area contributed by atoms with Gasteiger partial charge in [-0.3, -0.25) is 4.79 Å². The minimum absolute atomic E-state index is 0.297. The molecule has 27 heavy (non-hydrogen) atoms. The molecule has 0 saturated heterocycles. The molecule has 140 valence electrons. The number of amides is 1. The van der Waals surface area contributed by atoms with Gasteiger partial charge in [0.05, 0.1) is 30.0 Å². The number of methoxy groups -OCH3 is 2. The van der Waals surface area contributed by atoms with E-state index in [1.54, 1.807) is 13.2 Å². The van der Waals surface area contributed by atoms with Crippen molar-refractivity contribution in [1.29, 1.82) is 0 Å². The van der Waals surface area contributed by atoms with Crippen LogP contribution >= 0.6 is 11.6 Å². The predicted molar refractivity (Wildman–Crippen MR) is 99.0 cm³/mol. The number of aromatic nitrogens is 4. The maximum atomic E-state index is 12.6. The van der Waals surface area contributed by atoms with E-state index < -0.39 is 0 Å². The fraction of sp³-hybridized carbons (Fsp3) is 0.222. The highest BCUT2D eigenvalue weighted by atomic mass is 35.5. The Balaban J connectivity index is 1.78. The molecule has 3 rings (SSSR count). The lowest BCUT2D eigenvalue weighted by Crippen LogP contribution is -2.23. The zero-order valence-corrected chi connectivity index (χ0v) is 15.6. The van der Waals surface area contributed by atoms with E-state index in [0.717, 1.165) is 11.1 Å². The topological polar surface area (TPSA) is 91.2 Å². The average Bonchev–Trinajstić information content (AvgIpc) is 3.21. The molecule has 0 aliphatic rings. The Kier molecular flexibility index (Phi) is 6.00. The van der Waals surface area contributed by atoms with Gasteiger partial charge in [-0.05, 0) is 27.6 Å². The molecule has 0 aliphatic carbocycles. The van der Waals surface area contributed by atoms with Crippen LogP contribution in [0.5, 0.6) is 5.75 Å². The lowest BCUT2D eigenvalue weighted by Gasteiger charge is -2.13. The monoisotopic (exact) mass is 387 g/mol. The molecular weight excluding hydrogens is 370 g/mol. The van der Waals surface area contributed by atoms with E-state index in [2.05, 4.69) is 20.8 Å². The highest BCUT2D eigenvalue weighted by Gasteiger charge is 2.17. The van der Waals surface area contributed by atoms with Crippen LogP contribution in [0.3, 0.4) is 0 Å². The largest absolute Gasteiger partial charge is 0.496 e. The number of hydrogen-bond acceptors (Lipinski definition) is 6. The Labute approximate surface area is 161 Å². The molecule has 1 amide bonds. The summed E-state index contributed by atoms with van der Waals surface area (Å²) in [5.41, 5.74) is 2.85. The highest BCUT2D eigenvalue weighted by Crippen LogP contribution is 2.29. The number of hydrogen-bond donors (Lipinski definition) is 1. The van der Waals surface area contributed by atoms with Gasteiger partial charge in [0.15, 0.2) is 0 Å². The van der Waals surface area contributed by atoms with Crippen LogP contribution in [0, 0.1) is 0 Å². The second kappa shape index (κ2) is 8.61. The quantitative estimate of drug-likeness (QED) is 0.669. The summed E-state index contributed by atoms with van der Waals surface area (Å²) in [6.45, 7) is 0.885. The van der Waals surface area contributed by atoms with Crippen LogP contribution in [0.25, 0.3) is 5.69 Å². The third-order valence-corrected chi connectivity index (χ3v) is 4.17. The number of nitrogens with zero attached hydrogens (tertiary/aromatic N) is 4. The molecule has 0 spiro atoms. The van der Waals surface area contributed by atoms with Crippen LogP contribution in [-0.4, -0.2) is 40.3 Å². The Hall–Kier alpha value is -2.97. The molecule has 1 N–H and O–H groups in total.